The van der Waals surface area contributed by atoms with Crippen molar-refractivity contribution in [2.24, 2.45) is 0 Å². The monoisotopic (exact) mass is 390 g/mol. The summed E-state index contributed by atoms with van der Waals surface area (Å²) in [5, 5.41) is 0. The van der Waals surface area contributed by atoms with Crippen molar-refractivity contribution in [3.05, 3.63) is 16.0 Å². The van der Waals surface area contributed by atoms with Crippen molar-refractivity contribution in [1.82, 2.24) is 14.9 Å². The molecule has 0 N–H and O–H groups in total. The van der Waals surface area contributed by atoms with E-state index in [-0.39, 0.29) is 6.09 Å². The highest BCUT2D eigenvalue weighted by atomic mass is 127. The van der Waals surface area contributed by atoms with Crippen molar-refractivity contribution in [3.63, 3.8) is 0 Å². The maximum absolute atomic E-state index is 12.0. The Morgan fingerprint density at radius 2 is 1.75 bits per heavy atom. The summed E-state index contributed by atoms with van der Waals surface area (Å²) in [5.41, 5.74) is -0.451. The van der Waals surface area contributed by atoms with Gasteiger partial charge in [0, 0.05) is 42.1 Å². The van der Waals surface area contributed by atoms with Gasteiger partial charge in [-0.05, 0) is 43.4 Å². The van der Waals surface area contributed by atoms with Gasteiger partial charge in [-0.15, -0.1) is 0 Å². The Morgan fingerprint density at radius 3 is 2.25 bits per heavy atom. The Morgan fingerprint density at radius 1 is 1.20 bits per heavy atom. The zero-order valence-electron chi connectivity index (χ0n) is 12.0. The molecular weight excluding hydrogens is 371 g/mol. The standard InChI is InChI=1S/C13H19IN4O2/c1-13(2,3)20-12(19)18-6-4-17(5-7-18)11-15-8-10(14)9-16-11/h8-9H,4-7H2,1-3H3. The van der Waals surface area contributed by atoms with E-state index in [1.54, 1.807) is 17.3 Å². The van der Waals surface area contributed by atoms with E-state index in [1.165, 1.54) is 0 Å². The lowest BCUT2D eigenvalue weighted by Gasteiger charge is -2.35. The molecule has 1 amide bonds. The van der Waals surface area contributed by atoms with E-state index < -0.39 is 5.60 Å². The van der Waals surface area contributed by atoms with Crippen LogP contribution in [0.3, 0.4) is 0 Å². The number of halogens is 1. The molecule has 1 aromatic heterocycles. The van der Waals surface area contributed by atoms with Crippen molar-refractivity contribution >= 4 is 34.6 Å². The number of anilines is 1. The van der Waals surface area contributed by atoms with Crippen LogP contribution < -0.4 is 4.90 Å². The molecule has 20 heavy (non-hydrogen) atoms. The molecule has 6 nitrogen and oxygen atoms in total. The lowest BCUT2D eigenvalue weighted by atomic mass is 10.2. The normalized spacial score (nSPS) is 16.2. The van der Waals surface area contributed by atoms with Crippen molar-refractivity contribution < 1.29 is 9.53 Å². The van der Waals surface area contributed by atoms with Gasteiger partial charge in [-0.2, -0.15) is 0 Å². The molecule has 0 bridgehead atoms. The molecule has 0 aliphatic carbocycles. The van der Waals surface area contributed by atoms with Crippen LogP contribution in [-0.4, -0.2) is 52.7 Å². The van der Waals surface area contributed by atoms with E-state index in [9.17, 15) is 4.79 Å². The van der Waals surface area contributed by atoms with Crippen molar-refractivity contribution in [3.8, 4) is 0 Å². The second kappa shape index (κ2) is 6.11. The first-order valence-electron chi connectivity index (χ1n) is 6.55. The van der Waals surface area contributed by atoms with Gasteiger partial charge < -0.3 is 14.5 Å². The summed E-state index contributed by atoms with van der Waals surface area (Å²) in [6.07, 6.45) is 3.34. The number of rotatable bonds is 1. The number of ether oxygens (including phenoxy) is 1. The summed E-state index contributed by atoms with van der Waals surface area (Å²) in [5.74, 6) is 0.717. The van der Waals surface area contributed by atoms with Crippen LogP contribution in [0.5, 0.6) is 0 Å². The van der Waals surface area contributed by atoms with E-state index in [4.69, 9.17) is 4.74 Å². The second-order valence-electron chi connectivity index (χ2n) is 5.66. The Kier molecular flexibility index (Phi) is 4.66. The molecule has 0 unspecified atom stereocenters. The second-order valence-corrected chi connectivity index (χ2v) is 6.90. The van der Waals surface area contributed by atoms with Crippen LogP contribution in [0.4, 0.5) is 10.7 Å². The molecule has 1 aromatic rings. The molecule has 2 heterocycles. The summed E-state index contributed by atoms with van der Waals surface area (Å²) in [4.78, 5) is 24.4. The Hall–Kier alpha value is -1.12. The van der Waals surface area contributed by atoms with E-state index in [0.29, 0.717) is 19.0 Å². The van der Waals surface area contributed by atoms with Gasteiger partial charge in [-0.1, -0.05) is 0 Å². The number of amides is 1. The number of carbonyl (C=O) groups excluding carboxylic acids is 1. The zero-order chi connectivity index (χ0) is 14.8. The molecule has 0 radical (unpaired) electrons. The van der Waals surface area contributed by atoms with E-state index in [1.807, 2.05) is 20.8 Å². The number of aromatic nitrogens is 2. The summed E-state index contributed by atoms with van der Waals surface area (Å²) in [6.45, 7) is 8.33. The third kappa shape index (κ3) is 4.19. The minimum absolute atomic E-state index is 0.249. The third-order valence-corrected chi connectivity index (χ3v) is 3.38. The minimum atomic E-state index is -0.451. The van der Waals surface area contributed by atoms with Crippen LogP contribution in [0.15, 0.2) is 12.4 Å². The first-order valence-corrected chi connectivity index (χ1v) is 7.63. The quantitative estimate of drug-likeness (QED) is 0.688. The highest BCUT2D eigenvalue weighted by Crippen LogP contribution is 2.14. The molecular formula is C13H19IN4O2. The molecule has 1 saturated heterocycles. The number of carbonyl (C=O) groups is 1. The topological polar surface area (TPSA) is 58.6 Å². The van der Waals surface area contributed by atoms with E-state index in [2.05, 4.69) is 37.5 Å². The molecule has 0 spiro atoms. The summed E-state index contributed by atoms with van der Waals surface area (Å²) >= 11 is 2.18. The maximum Gasteiger partial charge on any atom is 0.410 e. The lowest BCUT2D eigenvalue weighted by Crippen LogP contribution is -2.50. The van der Waals surface area contributed by atoms with E-state index in [0.717, 1.165) is 16.7 Å². The molecule has 0 atom stereocenters. The number of nitrogens with zero attached hydrogens (tertiary/aromatic N) is 4. The highest BCUT2D eigenvalue weighted by Gasteiger charge is 2.26. The zero-order valence-corrected chi connectivity index (χ0v) is 14.1. The van der Waals surface area contributed by atoms with Gasteiger partial charge >= 0.3 is 6.09 Å². The van der Waals surface area contributed by atoms with Gasteiger partial charge in [0.25, 0.3) is 0 Å². The molecule has 0 aromatic carbocycles. The van der Waals surface area contributed by atoms with Crippen LogP contribution in [0.1, 0.15) is 20.8 Å². The van der Waals surface area contributed by atoms with Gasteiger partial charge in [0.2, 0.25) is 5.95 Å². The van der Waals surface area contributed by atoms with Crippen LogP contribution in [0, 0.1) is 3.57 Å². The SMILES string of the molecule is CC(C)(C)OC(=O)N1CCN(c2ncc(I)cn2)CC1. The Balaban J connectivity index is 1.89. The van der Waals surface area contributed by atoms with Crippen molar-refractivity contribution in [2.45, 2.75) is 26.4 Å². The first-order chi connectivity index (χ1) is 9.35. The summed E-state index contributed by atoms with van der Waals surface area (Å²) < 4.78 is 6.38. The van der Waals surface area contributed by atoms with Gasteiger partial charge in [-0.25, -0.2) is 14.8 Å². The summed E-state index contributed by atoms with van der Waals surface area (Å²) in [7, 11) is 0. The van der Waals surface area contributed by atoms with Gasteiger partial charge in [0.1, 0.15) is 5.60 Å². The Labute approximate surface area is 132 Å². The van der Waals surface area contributed by atoms with E-state index >= 15 is 0 Å². The fraction of sp³-hybridized carbons (Fsp3) is 0.615. The van der Waals surface area contributed by atoms with Gasteiger partial charge in [0.05, 0.1) is 0 Å². The predicted octanol–water partition coefficient (Wildman–Crippen LogP) is 2.14. The fourth-order valence-electron chi connectivity index (χ4n) is 1.88. The third-order valence-electron chi connectivity index (χ3n) is 2.82. The average molecular weight is 390 g/mol. The molecule has 7 heteroatoms. The largest absolute Gasteiger partial charge is 0.444 e. The van der Waals surface area contributed by atoms with Gasteiger partial charge in [-0.3, -0.25) is 0 Å². The lowest BCUT2D eigenvalue weighted by molar-refractivity contribution is 0.0240. The molecule has 1 fully saturated rings. The van der Waals surface area contributed by atoms with Crippen molar-refractivity contribution in [2.75, 3.05) is 31.1 Å². The predicted molar refractivity (Wildman–Crippen MR) is 84.8 cm³/mol. The Bertz CT molecular complexity index is 464. The van der Waals surface area contributed by atoms with Crippen molar-refractivity contribution in [1.29, 1.82) is 0 Å². The van der Waals surface area contributed by atoms with Crippen LogP contribution in [0.25, 0.3) is 0 Å². The van der Waals surface area contributed by atoms with Crippen LogP contribution >= 0.6 is 22.6 Å². The molecule has 1 aliphatic rings. The number of hydrogen-bond donors (Lipinski definition) is 0. The molecule has 0 saturated carbocycles. The fourth-order valence-corrected chi connectivity index (χ4v) is 2.16. The maximum atomic E-state index is 12.0. The molecule has 110 valence electrons. The molecule has 1 aliphatic heterocycles. The van der Waals surface area contributed by atoms with Crippen LogP contribution in [0.2, 0.25) is 0 Å². The van der Waals surface area contributed by atoms with Gasteiger partial charge in [0.15, 0.2) is 0 Å². The number of piperazine rings is 1. The smallest absolute Gasteiger partial charge is 0.410 e. The highest BCUT2D eigenvalue weighted by molar-refractivity contribution is 14.1. The minimum Gasteiger partial charge on any atom is -0.444 e. The average Bonchev–Trinajstić information content (AvgIpc) is 2.38. The van der Waals surface area contributed by atoms with Crippen LogP contribution in [-0.2, 0) is 4.74 Å². The molecule has 2 rings (SSSR count). The first kappa shape index (κ1) is 15.3. The number of hydrogen-bond acceptors (Lipinski definition) is 5. The summed E-state index contributed by atoms with van der Waals surface area (Å²) in [6, 6.07) is 0.